The van der Waals surface area contributed by atoms with E-state index in [0.717, 1.165) is 43.0 Å². The van der Waals surface area contributed by atoms with Crippen molar-refractivity contribution in [1.82, 2.24) is 15.5 Å². The first-order valence-electron chi connectivity index (χ1n) is 9.46. The number of nitrogens with zero attached hydrogens (tertiary/aromatic N) is 3. The number of carbonyl (C=O) groups is 1. The number of nitrogens with one attached hydrogen (secondary N) is 1. The predicted molar refractivity (Wildman–Crippen MR) is 105 cm³/mol. The molecule has 1 aliphatic rings. The zero-order valence-corrected chi connectivity index (χ0v) is 15.9. The molecule has 1 fully saturated rings. The third kappa shape index (κ3) is 4.59. The molecule has 1 aliphatic heterocycles. The van der Waals surface area contributed by atoms with Gasteiger partial charge in [-0.25, -0.2) is 0 Å². The summed E-state index contributed by atoms with van der Waals surface area (Å²) in [6, 6.07) is 12.3. The van der Waals surface area contributed by atoms with Gasteiger partial charge in [0.2, 0.25) is 5.91 Å². The van der Waals surface area contributed by atoms with Crippen LogP contribution < -0.4 is 10.2 Å². The van der Waals surface area contributed by atoms with Gasteiger partial charge >= 0.3 is 0 Å². The van der Waals surface area contributed by atoms with E-state index >= 15 is 0 Å². The van der Waals surface area contributed by atoms with E-state index in [-0.39, 0.29) is 11.8 Å². The quantitative estimate of drug-likeness (QED) is 0.895. The Kier molecular flexibility index (Phi) is 5.86. The van der Waals surface area contributed by atoms with E-state index in [1.54, 1.807) is 0 Å². The molecule has 1 atom stereocenters. The van der Waals surface area contributed by atoms with E-state index in [1.165, 1.54) is 5.56 Å². The first-order valence-corrected chi connectivity index (χ1v) is 9.46. The van der Waals surface area contributed by atoms with Gasteiger partial charge in [-0.3, -0.25) is 4.79 Å². The zero-order valence-electron chi connectivity index (χ0n) is 15.9. The Bertz CT molecular complexity index is 742. The number of aromatic nitrogens is 2. The standard InChI is InChI=1S/C21H28N4O/c1-15(2)13-22-21(26)18-8-5-11-25(14-18)20-10-9-19(23-24-20)17-7-4-6-16(3)12-17/h4,6-7,9-10,12,15,18H,5,8,11,13-14H2,1-3H3,(H,22,26). The summed E-state index contributed by atoms with van der Waals surface area (Å²) in [4.78, 5) is 14.6. The van der Waals surface area contributed by atoms with Gasteiger partial charge in [-0.2, -0.15) is 0 Å². The summed E-state index contributed by atoms with van der Waals surface area (Å²) < 4.78 is 0. The molecule has 5 heteroatoms. The largest absolute Gasteiger partial charge is 0.356 e. The highest BCUT2D eigenvalue weighted by molar-refractivity contribution is 5.79. The van der Waals surface area contributed by atoms with Crippen LogP contribution in [0.5, 0.6) is 0 Å². The molecular weight excluding hydrogens is 324 g/mol. The monoisotopic (exact) mass is 352 g/mol. The second kappa shape index (κ2) is 8.30. The van der Waals surface area contributed by atoms with Crippen LogP contribution in [-0.2, 0) is 4.79 Å². The van der Waals surface area contributed by atoms with Gasteiger partial charge in [-0.1, -0.05) is 37.6 Å². The van der Waals surface area contributed by atoms with Crippen LogP contribution in [0.1, 0.15) is 32.3 Å². The lowest BCUT2D eigenvalue weighted by molar-refractivity contribution is -0.125. The SMILES string of the molecule is Cc1cccc(-c2ccc(N3CCCC(C(=O)NCC(C)C)C3)nn2)c1. The number of piperidine rings is 1. The van der Waals surface area contributed by atoms with E-state index in [4.69, 9.17) is 0 Å². The third-order valence-corrected chi connectivity index (χ3v) is 4.77. The molecule has 1 aromatic heterocycles. The summed E-state index contributed by atoms with van der Waals surface area (Å²) in [7, 11) is 0. The maximum absolute atomic E-state index is 12.4. The highest BCUT2D eigenvalue weighted by Gasteiger charge is 2.26. The second-order valence-electron chi connectivity index (χ2n) is 7.57. The van der Waals surface area contributed by atoms with Gasteiger partial charge in [0.1, 0.15) is 0 Å². The number of anilines is 1. The summed E-state index contributed by atoms with van der Waals surface area (Å²) in [5, 5.41) is 11.9. The van der Waals surface area contributed by atoms with Gasteiger partial charge in [0.25, 0.3) is 0 Å². The number of hydrogen-bond acceptors (Lipinski definition) is 4. The van der Waals surface area contributed by atoms with Gasteiger partial charge in [0, 0.05) is 25.2 Å². The molecule has 0 bridgehead atoms. The van der Waals surface area contributed by atoms with Crippen LogP contribution in [0.25, 0.3) is 11.3 Å². The summed E-state index contributed by atoms with van der Waals surface area (Å²) >= 11 is 0. The third-order valence-electron chi connectivity index (χ3n) is 4.77. The molecule has 138 valence electrons. The molecule has 26 heavy (non-hydrogen) atoms. The Morgan fingerprint density at radius 2 is 2.12 bits per heavy atom. The lowest BCUT2D eigenvalue weighted by atomic mass is 9.97. The molecule has 2 heterocycles. The van der Waals surface area contributed by atoms with E-state index in [9.17, 15) is 4.79 Å². The van der Waals surface area contributed by atoms with Crippen molar-refractivity contribution in [1.29, 1.82) is 0 Å². The second-order valence-corrected chi connectivity index (χ2v) is 7.57. The summed E-state index contributed by atoms with van der Waals surface area (Å²) in [6.45, 7) is 8.66. The first kappa shape index (κ1) is 18.4. The van der Waals surface area contributed by atoms with E-state index < -0.39 is 0 Å². The number of rotatable bonds is 5. The molecule has 0 spiro atoms. The molecule has 1 amide bonds. The molecular formula is C21H28N4O. The van der Waals surface area contributed by atoms with Crippen molar-refractivity contribution >= 4 is 11.7 Å². The minimum atomic E-state index is 0.0285. The Morgan fingerprint density at radius 3 is 2.81 bits per heavy atom. The maximum Gasteiger partial charge on any atom is 0.224 e. The molecule has 0 radical (unpaired) electrons. The van der Waals surface area contributed by atoms with Crippen LogP contribution in [0.4, 0.5) is 5.82 Å². The van der Waals surface area contributed by atoms with Crippen molar-refractivity contribution in [2.45, 2.75) is 33.6 Å². The number of carbonyl (C=O) groups excluding carboxylic acids is 1. The first-order chi connectivity index (χ1) is 12.5. The number of aryl methyl sites for hydroxylation is 1. The van der Waals surface area contributed by atoms with E-state index in [1.807, 2.05) is 24.3 Å². The molecule has 0 aliphatic carbocycles. The maximum atomic E-state index is 12.4. The molecule has 1 unspecified atom stereocenters. The number of amides is 1. The van der Waals surface area contributed by atoms with Crippen LogP contribution in [0.3, 0.4) is 0 Å². The lowest BCUT2D eigenvalue weighted by Gasteiger charge is -2.32. The molecule has 2 aromatic rings. The van der Waals surface area contributed by atoms with Gasteiger partial charge in [-0.05, 0) is 43.9 Å². The molecule has 1 N–H and O–H groups in total. The predicted octanol–water partition coefficient (Wildman–Crippen LogP) is 3.44. The summed E-state index contributed by atoms with van der Waals surface area (Å²) in [6.07, 6.45) is 1.94. The Morgan fingerprint density at radius 1 is 1.27 bits per heavy atom. The fourth-order valence-corrected chi connectivity index (χ4v) is 3.30. The minimum Gasteiger partial charge on any atom is -0.356 e. The average Bonchev–Trinajstić information content (AvgIpc) is 2.66. The lowest BCUT2D eigenvalue weighted by Crippen LogP contribution is -2.44. The zero-order chi connectivity index (χ0) is 18.5. The summed E-state index contributed by atoms with van der Waals surface area (Å²) in [5.41, 5.74) is 3.16. The molecule has 0 saturated carbocycles. The van der Waals surface area contributed by atoms with E-state index in [0.29, 0.717) is 12.5 Å². The van der Waals surface area contributed by atoms with Gasteiger partial charge in [-0.15, -0.1) is 10.2 Å². The normalized spacial score (nSPS) is 17.4. The van der Waals surface area contributed by atoms with Crippen LogP contribution in [0.2, 0.25) is 0 Å². The Hall–Kier alpha value is -2.43. The molecule has 1 saturated heterocycles. The van der Waals surface area contributed by atoms with Gasteiger partial charge < -0.3 is 10.2 Å². The number of benzene rings is 1. The van der Waals surface area contributed by atoms with Crippen LogP contribution in [0.15, 0.2) is 36.4 Å². The molecule has 1 aromatic carbocycles. The minimum absolute atomic E-state index is 0.0285. The van der Waals surface area contributed by atoms with Crippen molar-refractivity contribution in [3.05, 3.63) is 42.0 Å². The fraction of sp³-hybridized carbons (Fsp3) is 0.476. The van der Waals surface area contributed by atoms with Crippen molar-refractivity contribution in [3.63, 3.8) is 0 Å². The van der Waals surface area contributed by atoms with Crippen LogP contribution in [0, 0.1) is 18.8 Å². The van der Waals surface area contributed by atoms with Crippen LogP contribution >= 0.6 is 0 Å². The Labute approximate surface area is 155 Å². The highest BCUT2D eigenvalue weighted by atomic mass is 16.1. The van der Waals surface area contributed by atoms with Crippen molar-refractivity contribution in [2.75, 3.05) is 24.5 Å². The topological polar surface area (TPSA) is 58.1 Å². The van der Waals surface area contributed by atoms with E-state index in [2.05, 4.69) is 53.3 Å². The highest BCUT2D eigenvalue weighted by Crippen LogP contribution is 2.24. The van der Waals surface area contributed by atoms with Gasteiger partial charge in [0.15, 0.2) is 5.82 Å². The Balaban J connectivity index is 1.66. The van der Waals surface area contributed by atoms with Gasteiger partial charge in [0.05, 0.1) is 11.6 Å². The number of hydrogen-bond donors (Lipinski definition) is 1. The molecule has 5 nitrogen and oxygen atoms in total. The van der Waals surface area contributed by atoms with Crippen molar-refractivity contribution < 1.29 is 4.79 Å². The van der Waals surface area contributed by atoms with Crippen LogP contribution in [-0.4, -0.2) is 35.7 Å². The van der Waals surface area contributed by atoms with Crippen molar-refractivity contribution in [3.8, 4) is 11.3 Å². The smallest absolute Gasteiger partial charge is 0.224 e. The average molecular weight is 352 g/mol. The fourth-order valence-electron chi connectivity index (χ4n) is 3.30. The van der Waals surface area contributed by atoms with Crippen molar-refractivity contribution in [2.24, 2.45) is 11.8 Å². The molecule has 3 rings (SSSR count). The summed E-state index contributed by atoms with van der Waals surface area (Å²) in [5.74, 6) is 1.51.